The van der Waals surface area contributed by atoms with Crippen LogP contribution in [0, 0.1) is 0 Å². The second-order valence-electron chi connectivity index (χ2n) is 3.63. The Balaban J connectivity index is 3.67. The Bertz CT molecular complexity index is 476. The van der Waals surface area contributed by atoms with Gasteiger partial charge in [0.25, 0.3) is 0 Å². The van der Waals surface area contributed by atoms with Crippen molar-refractivity contribution in [1.82, 2.24) is 0 Å². The van der Waals surface area contributed by atoms with Gasteiger partial charge in [-0.2, -0.15) is 0 Å². The molecule has 0 aliphatic carbocycles. The molecule has 0 atom stereocenters. The van der Waals surface area contributed by atoms with Gasteiger partial charge in [-0.3, -0.25) is 9.13 Å². The third-order valence-electron chi connectivity index (χ3n) is 2.07. The molecule has 0 radical (unpaired) electrons. The lowest BCUT2D eigenvalue weighted by Gasteiger charge is -2.22. The molecule has 1 aromatic carbocycles. The molecule has 0 aliphatic rings. The predicted octanol–water partition coefficient (Wildman–Crippen LogP) is -0.641. The van der Waals surface area contributed by atoms with Crippen molar-refractivity contribution in [3.05, 3.63) is 18.2 Å². The summed E-state index contributed by atoms with van der Waals surface area (Å²) in [6.45, 7) is 0. The maximum atomic E-state index is 11.3. The standard InChI is InChI=1S/C8H13NO6P2/c1-9(2)8-6(16(10,11)12)4-3-5-7(8)17(13,14)15/h3-5H,1-2H3,(H2,10,11,12)(H2,13,14,15). The van der Waals surface area contributed by atoms with Gasteiger partial charge in [0.15, 0.2) is 0 Å². The molecule has 9 heteroatoms. The molecule has 96 valence electrons. The van der Waals surface area contributed by atoms with E-state index in [9.17, 15) is 9.13 Å². The molecule has 0 saturated heterocycles. The van der Waals surface area contributed by atoms with E-state index in [4.69, 9.17) is 19.6 Å². The minimum atomic E-state index is -4.59. The first-order chi connectivity index (χ1) is 7.55. The molecule has 0 amide bonds. The molecule has 0 bridgehead atoms. The Hall–Kier alpha value is -0.680. The molecule has 0 spiro atoms. The van der Waals surface area contributed by atoms with E-state index >= 15 is 0 Å². The van der Waals surface area contributed by atoms with Crippen molar-refractivity contribution in [2.75, 3.05) is 19.0 Å². The molecule has 1 aromatic rings. The third kappa shape index (κ3) is 3.16. The van der Waals surface area contributed by atoms with Gasteiger partial charge >= 0.3 is 15.2 Å². The van der Waals surface area contributed by atoms with Crippen LogP contribution in [0.15, 0.2) is 18.2 Å². The second kappa shape index (κ2) is 4.53. The fraction of sp³-hybridized carbons (Fsp3) is 0.250. The van der Waals surface area contributed by atoms with Crippen LogP contribution in [0.1, 0.15) is 0 Å². The molecule has 0 fully saturated rings. The fourth-order valence-corrected chi connectivity index (χ4v) is 3.29. The van der Waals surface area contributed by atoms with Gasteiger partial charge in [0.1, 0.15) is 0 Å². The lowest BCUT2D eigenvalue weighted by Crippen LogP contribution is -2.27. The number of nitrogens with zero attached hydrogens (tertiary/aromatic N) is 1. The summed E-state index contributed by atoms with van der Waals surface area (Å²) in [7, 11) is -6.28. The van der Waals surface area contributed by atoms with Crippen molar-refractivity contribution >= 4 is 31.5 Å². The summed E-state index contributed by atoms with van der Waals surface area (Å²) in [5.74, 6) is 0. The predicted molar refractivity (Wildman–Crippen MR) is 64.1 cm³/mol. The van der Waals surface area contributed by atoms with Gasteiger partial charge in [0.2, 0.25) is 0 Å². The molecular weight excluding hydrogens is 268 g/mol. The monoisotopic (exact) mass is 281 g/mol. The third-order valence-corrected chi connectivity index (χ3v) is 4.05. The highest BCUT2D eigenvalue weighted by Crippen LogP contribution is 2.42. The molecule has 1 rings (SSSR count). The van der Waals surface area contributed by atoms with Crippen LogP contribution < -0.4 is 15.5 Å². The van der Waals surface area contributed by atoms with E-state index in [1.165, 1.54) is 25.1 Å². The minimum Gasteiger partial charge on any atom is -0.376 e. The highest BCUT2D eigenvalue weighted by atomic mass is 31.2. The summed E-state index contributed by atoms with van der Waals surface area (Å²) in [5, 5.41) is -0.799. The van der Waals surface area contributed by atoms with Crippen molar-refractivity contribution in [2.24, 2.45) is 0 Å². The number of anilines is 1. The number of benzene rings is 1. The van der Waals surface area contributed by atoms with Crippen LogP contribution in [-0.4, -0.2) is 33.7 Å². The summed E-state index contributed by atoms with van der Waals surface area (Å²) in [6.07, 6.45) is 0. The minimum absolute atomic E-state index is 0.144. The lowest BCUT2D eigenvalue weighted by atomic mass is 10.3. The van der Waals surface area contributed by atoms with Crippen molar-refractivity contribution in [1.29, 1.82) is 0 Å². The fourth-order valence-electron chi connectivity index (χ4n) is 1.45. The summed E-state index contributed by atoms with van der Waals surface area (Å²) in [5.41, 5.74) is -0.144. The Morgan fingerprint density at radius 1 is 0.941 bits per heavy atom. The highest BCUT2D eigenvalue weighted by Gasteiger charge is 2.30. The number of hydrogen-bond acceptors (Lipinski definition) is 3. The van der Waals surface area contributed by atoms with Crippen molar-refractivity contribution < 1.29 is 28.7 Å². The molecule has 0 heterocycles. The van der Waals surface area contributed by atoms with Gasteiger partial charge in [-0.15, -0.1) is 0 Å². The van der Waals surface area contributed by atoms with E-state index < -0.39 is 25.8 Å². The van der Waals surface area contributed by atoms with Crippen LogP contribution in [0.25, 0.3) is 0 Å². The molecule has 0 unspecified atom stereocenters. The van der Waals surface area contributed by atoms with Crippen molar-refractivity contribution in [2.45, 2.75) is 0 Å². The SMILES string of the molecule is CN(C)c1c(P(=O)(O)O)cccc1P(=O)(O)O. The largest absolute Gasteiger partial charge is 0.376 e. The first kappa shape index (κ1) is 14.4. The molecule has 4 N–H and O–H groups in total. The second-order valence-corrected chi connectivity index (χ2v) is 6.77. The van der Waals surface area contributed by atoms with Crippen LogP contribution in [0.5, 0.6) is 0 Å². The average molecular weight is 281 g/mol. The summed E-state index contributed by atoms with van der Waals surface area (Å²) < 4.78 is 22.5. The molecule has 0 saturated carbocycles. The maximum Gasteiger partial charge on any atom is 0.358 e. The normalized spacial score (nSPS) is 12.6. The van der Waals surface area contributed by atoms with E-state index in [2.05, 4.69) is 0 Å². The quantitative estimate of drug-likeness (QED) is 0.544. The summed E-state index contributed by atoms with van der Waals surface area (Å²) >= 11 is 0. The average Bonchev–Trinajstić information content (AvgIpc) is 2.13. The Morgan fingerprint density at radius 2 is 1.29 bits per heavy atom. The zero-order chi connectivity index (χ0) is 13.4. The number of rotatable bonds is 3. The summed E-state index contributed by atoms with van der Waals surface area (Å²) in [6, 6.07) is 3.50. The first-order valence-electron chi connectivity index (χ1n) is 4.47. The van der Waals surface area contributed by atoms with E-state index in [1.54, 1.807) is 0 Å². The Labute approximate surface area is 98.0 Å². The van der Waals surface area contributed by atoms with E-state index in [0.29, 0.717) is 0 Å². The van der Waals surface area contributed by atoms with E-state index in [0.717, 1.165) is 12.1 Å². The van der Waals surface area contributed by atoms with E-state index in [1.807, 2.05) is 0 Å². The van der Waals surface area contributed by atoms with Crippen molar-refractivity contribution in [3.63, 3.8) is 0 Å². The number of hydrogen-bond donors (Lipinski definition) is 4. The molecule has 7 nitrogen and oxygen atoms in total. The van der Waals surface area contributed by atoms with Gasteiger partial charge in [-0.05, 0) is 12.1 Å². The first-order valence-corrected chi connectivity index (χ1v) is 7.70. The molecular formula is C8H13NO6P2. The zero-order valence-corrected chi connectivity index (χ0v) is 11.0. The Morgan fingerprint density at radius 3 is 1.53 bits per heavy atom. The van der Waals surface area contributed by atoms with Crippen molar-refractivity contribution in [3.8, 4) is 0 Å². The van der Waals surface area contributed by atoms with Gasteiger partial charge in [-0.25, -0.2) is 0 Å². The van der Waals surface area contributed by atoms with Crippen LogP contribution in [0.2, 0.25) is 0 Å². The van der Waals surface area contributed by atoms with Crippen LogP contribution in [-0.2, 0) is 9.13 Å². The smallest absolute Gasteiger partial charge is 0.358 e. The topological polar surface area (TPSA) is 118 Å². The zero-order valence-electron chi connectivity index (χ0n) is 9.18. The van der Waals surface area contributed by atoms with Gasteiger partial charge in [-0.1, -0.05) is 6.07 Å². The maximum absolute atomic E-state index is 11.3. The number of para-hydroxylation sites is 1. The Kier molecular flexibility index (Phi) is 3.84. The molecule has 0 aliphatic heterocycles. The highest BCUT2D eigenvalue weighted by molar-refractivity contribution is 7.62. The van der Waals surface area contributed by atoms with Gasteiger partial charge in [0, 0.05) is 14.1 Å². The summed E-state index contributed by atoms with van der Waals surface area (Å²) in [4.78, 5) is 37.8. The van der Waals surface area contributed by atoms with Crippen LogP contribution in [0.4, 0.5) is 5.69 Å². The van der Waals surface area contributed by atoms with E-state index in [-0.39, 0.29) is 5.69 Å². The van der Waals surface area contributed by atoms with Gasteiger partial charge in [0.05, 0.1) is 16.3 Å². The molecule has 17 heavy (non-hydrogen) atoms. The van der Waals surface area contributed by atoms with Crippen LogP contribution in [0.3, 0.4) is 0 Å². The molecule has 0 aromatic heterocycles. The lowest BCUT2D eigenvalue weighted by molar-refractivity contribution is 0.386. The van der Waals surface area contributed by atoms with Gasteiger partial charge < -0.3 is 24.5 Å². The van der Waals surface area contributed by atoms with Crippen LogP contribution >= 0.6 is 15.2 Å².